The molecule has 0 atom stereocenters. The van der Waals surface area contributed by atoms with Crippen LogP contribution >= 0.6 is 11.6 Å². The van der Waals surface area contributed by atoms with Gasteiger partial charge in [0.1, 0.15) is 4.90 Å². The second-order valence-corrected chi connectivity index (χ2v) is 7.00. The molecule has 0 aliphatic carbocycles. The van der Waals surface area contributed by atoms with Gasteiger partial charge >= 0.3 is 10.1 Å². The van der Waals surface area contributed by atoms with Crippen LogP contribution in [-0.4, -0.2) is 19.9 Å². The number of hydrogen-bond acceptors (Lipinski definition) is 7. The van der Waals surface area contributed by atoms with Crippen LogP contribution in [0.4, 0.5) is 5.69 Å². The van der Waals surface area contributed by atoms with Crippen molar-refractivity contribution in [3.8, 4) is 17.6 Å². The maximum atomic E-state index is 12.5. The molecule has 0 bridgehead atoms. The van der Waals surface area contributed by atoms with Crippen LogP contribution in [0.1, 0.15) is 18.1 Å². The zero-order valence-corrected chi connectivity index (χ0v) is 15.3. The standard InChI is InChI=1S/C16H13ClN2O6S/c1-3-24-16-6-11(9-18)4-5-15(16)25-26(22,23)12-7-13(17)10(2)14(8-12)19(20)21/h4-8H,3H2,1-2H3. The van der Waals surface area contributed by atoms with Gasteiger partial charge in [0.15, 0.2) is 11.5 Å². The van der Waals surface area contributed by atoms with Crippen LogP contribution in [0.2, 0.25) is 5.02 Å². The summed E-state index contributed by atoms with van der Waals surface area (Å²) in [4.78, 5) is 9.89. The second kappa shape index (κ2) is 7.59. The summed E-state index contributed by atoms with van der Waals surface area (Å²) in [6.07, 6.45) is 0. The molecule has 0 N–H and O–H groups in total. The van der Waals surface area contributed by atoms with Crippen molar-refractivity contribution in [3.63, 3.8) is 0 Å². The van der Waals surface area contributed by atoms with Gasteiger partial charge in [0.05, 0.1) is 28.2 Å². The fourth-order valence-corrected chi connectivity index (χ4v) is 3.32. The summed E-state index contributed by atoms with van der Waals surface area (Å²) in [5, 5.41) is 19.9. The predicted molar refractivity (Wildman–Crippen MR) is 93.0 cm³/mol. The van der Waals surface area contributed by atoms with Crippen molar-refractivity contribution in [2.24, 2.45) is 0 Å². The molecule has 0 amide bonds. The molecule has 0 fully saturated rings. The van der Waals surface area contributed by atoms with Gasteiger partial charge in [-0.05, 0) is 32.0 Å². The number of halogens is 1. The zero-order chi connectivity index (χ0) is 19.5. The highest BCUT2D eigenvalue weighted by molar-refractivity contribution is 7.87. The number of nitro benzene ring substituents is 1. The predicted octanol–water partition coefficient (Wildman–Crippen LogP) is 3.59. The molecular weight excluding hydrogens is 384 g/mol. The summed E-state index contributed by atoms with van der Waals surface area (Å²) >= 11 is 5.91. The summed E-state index contributed by atoms with van der Waals surface area (Å²) in [5.74, 6) is -0.0898. The van der Waals surface area contributed by atoms with Crippen LogP contribution in [0.5, 0.6) is 11.5 Å². The second-order valence-electron chi connectivity index (χ2n) is 5.05. The van der Waals surface area contributed by atoms with Crippen molar-refractivity contribution in [1.29, 1.82) is 5.26 Å². The molecule has 0 radical (unpaired) electrons. The van der Waals surface area contributed by atoms with Crippen molar-refractivity contribution >= 4 is 27.4 Å². The van der Waals surface area contributed by atoms with Gasteiger partial charge in [-0.1, -0.05) is 11.6 Å². The number of nitrogens with zero attached hydrogens (tertiary/aromatic N) is 2. The van der Waals surface area contributed by atoms with Crippen LogP contribution in [0.25, 0.3) is 0 Å². The van der Waals surface area contributed by atoms with E-state index in [1.165, 1.54) is 25.1 Å². The fourth-order valence-electron chi connectivity index (χ4n) is 2.06. The molecule has 0 aliphatic rings. The van der Waals surface area contributed by atoms with Crippen LogP contribution in [0, 0.1) is 28.4 Å². The molecule has 2 aromatic carbocycles. The third-order valence-corrected chi connectivity index (χ3v) is 4.95. The van der Waals surface area contributed by atoms with E-state index in [0.29, 0.717) is 0 Å². The molecule has 2 aromatic rings. The SMILES string of the molecule is CCOc1cc(C#N)ccc1OS(=O)(=O)c1cc(Cl)c(C)c([N+](=O)[O-])c1. The lowest BCUT2D eigenvalue weighted by molar-refractivity contribution is -0.385. The lowest BCUT2D eigenvalue weighted by atomic mass is 10.2. The van der Waals surface area contributed by atoms with Gasteiger partial charge in [0.2, 0.25) is 0 Å². The summed E-state index contributed by atoms with van der Waals surface area (Å²) < 4.78 is 35.4. The quantitative estimate of drug-likeness (QED) is 0.415. The Labute approximate surface area is 154 Å². The molecule has 8 nitrogen and oxygen atoms in total. The largest absolute Gasteiger partial charge is 0.490 e. The molecular formula is C16H13ClN2O6S. The number of nitro groups is 1. The first-order chi connectivity index (χ1) is 12.2. The topological polar surface area (TPSA) is 120 Å². The third-order valence-electron chi connectivity index (χ3n) is 3.35. The Hall–Kier alpha value is -2.83. The van der Waals surface area contributed by atoms with Crippen molar-refractivity contribution in [3.05, 3.63) is 56.6 Å². The molecule has 0 unspecified atom stereocenters. The first-order valence-corrected chi connectivity index (χ1v) is 9.04. The highest BCUT2D eigenvalue weighted by atomic mass is 35.5. The number of hydrogen-bond donors (Lipinski definition) is 0. The maximum absolute atomic E-state index is 12.5. The molecule has 10 heteroatoms. The molecule has 136 valence electrons. The van der Waals surface area contributed by atoms with Crippen LogP contribution in [0.15, 0.2) is 35.2 Å². The monoisotopic (exact) mass is 396 g/mol. The van der Waals surface area contributed by atoms with E-state index >= 15 is 0 Å². The normalized spacial score (nSPS) is 10.8. The average Bonchev–Trinajstić information content (AvgIpc) is 2.58. The summed E-state index contributed by atoms with van der Waals surface area (Å²) in [6.45, 7) is 3.30. The minimum absolute atomic E-state index is 0.0582. The van der Waals surface area contributed by atoms with Crippen molar-refractivity contribution in [2.75, 3.05) is 6.61 Å². The Bertz CT molecular complexity index is 1010. The lowest BCUT2D eigenvalue weighted by Gasteiger charge is -2.12. The van der Waals surface area contributed by atoms with Gasteiger partial charge in [-0.25, -0.2) is 0 Å². The Morgan fingerprint density at radius 2 is 1.96 bits per heavy atom. The summed E-state index contributed by atoms with van der Waals surface area (Å²) in [7, 11) is -4.42. The average molecular weight is 397 g/mol. The van der Waals surface area contributed by atoms with Gasteiger partial charge < -0.3 is 8.92 Å². The number of benzene rings is 2. The fraction of sp³-hybridized carbons (Fsp3) is 0.188. The molecule has 0 spiro atoms. The van der Waals surface area contributed by atoms with Gasteiger partial charge in [-0.15, -0.1) is 0 Å². The Kier molecular flexibility index (Phi) is 5.69. The molecule has 2 rings (SSSR count). The van der Waals surface area contributed by atoms with Crippen molar-refractivity contribution in [1.82, 2.24) is 0 Å². The van der Waals surface area contributed by atoms with E-state index in [-0.39, 0.29) is 34.3 Å². The molecule has 0 heterocycles. The Morgan fingerprint density at radius 1 is 1.27 bits per heavy atom. The molecule has 0 saturated heterocycles. The van der Waals surface area contributed by atoms with E-state index in [4.69, 9.17) is 25.8 Å². The van der Waals surface area contributed by atoms with Crippen LogP contribution in [-0.2, 0) is 10.1 Å². The number of ether oxygens (including phenoxy) is 1. The van der Waals surface area contributed by atoms with E-state index in [2.05, 4.69) is 0 Å². The van der Waals surface area contributed by atoms with Gasteiger partial charge in [-0.2, -0.15) is 13.7 Å². The molecule has 0 aliphatic heterocycles. The van der Waals surface area contributed by atoms with E-state index in [0.717, 1.165) is 12.1 Å². The highest BCUT2D eigenvalue weighted by Crippen LogP contribution is 2.34. The summed E-state index contributed by atoms with van der Waals surface area (Å²) in [6, 6.07) is 7.81. The van der Waals surface area contributed by atoms with Gasteiger partial charge in [-0.3, -0.25) is 10.1 Å². The van der Waals surface area contributed by atoms with Crippen LogP contribution in [0.3, 0.4) is 0 Å². The molecule has 0 aromatic heterocycles. The number of rotatable bonds is 6. The van der Waals surface area contributed by atoms with E-state index in [9.17, 15) is 18.5 Å². The van der Waals surface area contributed by atoms with E-state index < -0.39 is 25.6 Å². The maximum Gasteiger partial charge on any atom is 0.339 e. The van der Waals surface area contributed by atoms with Crippen LogP contribution < -0.4 is 8.92 Å². The minimum Gasteiger partial charge on any atom is -0.490 e. The highest BCUT2D eigenvalue weighted by Gasteiger charge is 2.25. The third kappa shape index (κ3) is 4.04. The van der Waals surface area contributed by atoms with Gasteiger partial charge in [0, 0.05) is 17.7 Å². The van der Waals surface area contributed by atoms with Crippen molar-refractivity contribution < 1.29 is 22.3 Å². The lowest BCUT2D eigenvalue weighted by Crippen LogP contribution is -2.12. The number of nitriles is 1. The first kappa shape index (κ1) is 19.5. The van der Waals surface area contributed by atoms with Gasteiger partial charge in [0.25, 0.3) is 5.69 Å². The Balaban J connectivity index is 2.50. The Morgan fingerprint density at radius 3 is 2.54 bits per heavy atom. The van der Waals surface area contributed by atoms with E-state index in [1.807, 2.05) is 6.07 Å². The smallest absolute Gasteiger partial charge is 0.339 e. The summed E-state index contributed by atoms with van der Waals surface area (Å²) in [5.41, 5.74) is -0.0410. The molecule has 0 saturated carbocycles. The van der Waals surface area contributed by atoms with E-state index in [1.54, 1.807) is 6.92 Å². The van der Waals surface area contributed by atoms with Crippen molar-refractivity contribution in [2.45, 2.75) is 18.7 Å². The minimum atomic E-state index is -4.42. The molecule has 26 heavy (non-hydrogen) atoms. The zero-order valence-electron chi connectivity index (χ0n) is 13.7. The first-order valence-electron chi connectivity index (χ1n) is 7.25.